The smallest absolute Gasteiger partial charge is 0.247 e. The molecule has 2 unspecified atom stereocenters. The van der Waals surface area contributed by atoms with E-state index >= 15 is 0 Å². The zero-order chi connectivity index (χ0) is 27.4. The third-order valence-electron chi connectivity index (χ3n) is 8.40. The molecule has 1 N–H and O–H groups in total. The van der Waals surface area contributed by atoms with E-state index in [-0.39, 0.29) is 29.6 Å². The Hall–Kier alpha value is -2.58. The number of hydrogen-bond donors (Lipinski definition) is 1. The van der Waals surface area contributed by atoms with E-state index in [2.05, 4.69) is 20.1 Å². The molecule has 3 amide bonds. The van der Waals surface area contributed by atoms with Crippen molar-refractivity contribution >= 4 is 29.5 Å². The highest BCUT2D eigenvalue weighted by atomic mass is 32.2. The molecular weight excluding hydrogens is 498 g/mol. The molecule has 1 spiro atoms. The van der Waals surface area contributed by atoms with Gasteiger partial charge in [0.05, 0.1) is 29.2 Å². The maximum absolute atomic E-state index is 14.4. The summed E-state index contributed by atoms with van der Waals surface area (Å²) in [5, 5.41) is 10.6. The van der Waals surface area contributed by atoms with Crippen molar-refractivity contribution in [2.24, 2.45) is 11.8 Å². The monoisotopic (exact) mass is 539 g/mol. The Morgan fingerprint density at radius 3 is 2.55 bits per heavy atom. The average Bonchev–Trinajstić information content (AvgIpc) is 3.57. The minimum atomic E-state index is -0.727. The molecule has 3 aliphatic heterocycles. The summed E-state index contributed by atoms with van der Waals surface area (Å²) in [5.41, 5.74) is 0.990. The number of likely N-dealkylation sites (tertiary alicyclic amines) is 1. The summed E-state index contributed by atoms with van der Waals surface area (Å²) < 4.78 is -0.677. The van der Waals surface area contributed by atoms with Crippen molar-refractivity contribution < 1.29 is 19.5 Å². The van der Waals surface area contributed by atoms with Crippen LogP contribution in [0.4, 0.5) is 0 Å². The first-order valence-electron chi connectivity index (χ1n) is 13.7. The van der Waals surface area contributed by atoms with Crippen LogP contribution in [0.25, 0.3) is 0 Å². The van der Waals surface area contributed by atoms with Crippen molar-refractivity contribution in [2.75, 3.05) is 33.3 Å². The largest absolute Gasteiger partial charge is 0.394 e. The Labute approximate surface area is 230 Å². The van der Waals surface area contributed by atoms with Crippen LogP contribution >= 0.6 is 11.8 Å². The molecule has 3 saturated heterocycles. The van der Waals surface area contributed by atoms with Gasteiger partial charge >= 0.3 is 0 Å². The van der Waals surface area contributed by atoms with E-state index in [4.69, 9.17) is 0 Å². The number of unbranched alkanes of at least 4 members (excludes halogenated alkanes) is 1. The topological polar surface area (TPSA) is 81.2 Å². The molecule has 2 bridgehead atoms. The Bertz CT molecular complexity index is 1050. The summed E-state index contributed by atoms with van der Waals surface area (Å²) in [6, 6.07) is 8.46. The van der Waals surface area contributed by atoms with Gasteiger partial charge in [-0.25, -0.2) is 0 Å². The fourth-order valence-corrected chi connectivity index (χ4v) is 8.88. The van der Waals surface area contributed by atoms with Crippen LogP contribution in [0.15, 0.2) is 55.6 Å². The first-order valence-corrected chi connectivity index (χ1v) is 14.6. The lowest BCUT2D eigenvalue weighted by Gasteiger charge is -2.39. The van der Waals surface area contributed by atoms with E-state index < -0.39 is 28.7 Å². The van der Waals surface area contributed by atoms with Gasteiger partial charge in [0, 0.05) is 31.9 Å². The second kappa shape index (κ2) is 12.1. The van der Waals surface area contributed by atoms with Gasteiger partial charge in [0.1, 0.15) is 6.04 Å². The second-order valence-corrected chi connectivity index (χ2v) is 12.4. The number of hydrogen-bond acceptors (Lipinski definition) is 5. The molecular formula is C30H41N3O4S. The van der Waals surface area contributed by atoms with Crippen molar-refractivity contribution in [3.63, 3.8) is 0 Å². The summed E-state index contributed by atoms with van der Waals surface area (Å²) >= 11 is 1.67. The number of rotatable bonds is 13. The number of carbonyl (C=O) groups is 3. The predicted octanol–water partition coefficient (Wildman–Crippen LogP) is 3.14. The van der Waals surface area contributed by atoms with Gasteiger partial charge in [-0.05, 0) is 31.2 Å². The van der Waals surface area contributed by atoms with Crippen molar-refractivity contribution in [3.05, 3.63) is 61.2 Å². The number of aliphatic hydroxyl groups excluding tert-OH is 1. The number of benzene rings is 1. The van der Waals surface area contributed by atoms with E-state index in [9.17, 15) is 19.5 Å². The van der Waals surface area contributed by atoms with Crippen molar-refractivity contribution in [3.8, 4) is 0 Å². The van der Waals surface area contributed by atoms with Gasteiger partial charge < -0.3 is 19.8 Å². The minimum absolute atomic E-state index is 0.00589. The van der Waals surface area contributed by atoms with Gasteiger partial charge in [-0.2, -0.15) is 0 Å². The standard InChI is InChI=1S/C30H41N3O4S/c1-5-8-18-32(17-7-3)29(37)26-30-15-14-23(38-30)24(27(35)31(4)16-6-2)25(30)28(36)33(26)22(20-34)19-21-12-10-9-11-13-21/h6-7,9-13,22-26,34H,2-3,5,8,14-20H2,1,4H3/t22-,23-,24+,25+,26?,30?/m1/s1. The molecule has 206 valence electrons. The Balaban J connectivity index is 1.77. The fourth-order valence-electron chi connectivity index (χ4n) is 6.69. The molecule has 38 heavy (non-hydrogen) atoms. The molecule has 0 aromatic heterocycles. The summed E-state index contributed by atoms with van der Waals surface area (Å²) in [5.74, 6) is -1.39. The Morgan fingerprint density at radius 2 is 1.92 bits per heavy atom. The van der Waals surface area contributed by atoms with E-state index in [0.717, 1.165) is 24.8 Å². The molecule has 0 aliphatic carbocycles. The first kappa shape index (κ1) is 28.4. The average molecular weight is 540 g/mol. The molecule has 1 aromatic rings. The van der Waals surface area contributed by atoms with Gasteiger partial charge in [-0.1, -0.05) is 55.8 Å². The highest BCUT2D eigenvalue weighted by Gasteiger charge is 2.74. The van der Waals surface area contributed by atoms with Crippen LogP contribution in [-0.2, 0) is 20.8 Å². The summed E-state index contributed by atoms with van der Waals surface area (Å²) in [6.07, 6.45) is 7.16. The Morgan fingerprint density at radius 1 is 1.21 bits per heavy atom. The Kier molecular flexibility index (Phi) is 9.04. The zero-order valence-electron chi connectivity index (χ0n) is 22.6. The lowest BCUT2D eigenvalue weighted by molar-refractivity contribution is -0.146. The molecule has 3 fully saturated rings. The molecule has 4 rings (SSSR count). The lowest BCUT2D eigenvalue weighted by Crippen LogP contribution is -2.58. The van der Waals surface area contributed by atoms with Crippen molar-refractivity contribution in [1.29, 1.82) is 0 Å². The van der Waals surface area contributed by atoms with E-state index in [1.165, 1.54) is 0 Å². The van der Waals surface area contributed by atoms with Crippen LogP contribution in [0.1, 0.15) is 38.2 Å². The van der Waals surface area contributed by atoms with Gasteiger partial charge in [-0.3, -0.25) is 14.4 Å². The third kappa shape index (κ3) is 4.93. The van der Waals surface area contributed by atoms with Gasteiger partial charge in [-0.15, -0.1) is 24.9 Å². The molecule has 6 atom stereocenters. The number of likely N-dealkylation sites (N-methyl/N-ethyl adjacent to an activating group) is 1. The molecule has 1 aromatic carbocycles. The van der Waals surface area contributed by atoms with Crippen LogP contribution < -0.4 is 0 Å². The molecule has 0 saturated carbocycles. The molecule has 0 radical (unpaired) electrons. The lowest BCUT2D eigenvalue weighted by atomic mass is 9.70. The van der Waals surface area contributed by atoms with Gasteiger partial charge in [0.15, 0.2) is 0 Å². The van der Waals surface area contributed by atoms with Crippen molar-refractivity contribution in [2.45, 2.75) is 61.1 Å². The van der Waals surface area contributed by atoms with Crippen LogP contribution in [0.2, 0.25) is 0 Å². The fraction of sp³-hybridized carbons (Fsp3) is 0.567. The number of carbonyl (C=O) groups excluding carboxylic acids is 3. The summed E-state index contributed by atoms with van der Waals surface area (Å²) in [4.78, 5) is 47.5. The van der Waals surface area contributed by atoms with Gasteiger partial charge in [0.25, 0.3) is 0 Å². The predicted molar refractivity (Wildman–Crippen MR) is 151 cm³/mol. The number of amides is 3. The highest BCUT2D eigenvalue weighted by Crippen LogP contribution is 2.67. The van der Waals surface area contributed by atoms with Crippen LogP contribution in [0, 0.1) is 11.8 Å². The number of nitrogens with zero attached hydrogens (tertiary/aromatic N) is 3. The molecule has 8 heteroatoms. The SMILES string of the molecule is C=CCN(C)C(=O)[C@@H]1[C@H]2C(=O)N([C@@H](CO)Cc3ccccc3)C(C(=O)N(CC=C)CCCC)C23CC[C@H]1S3. The molecule has 3 heterocycles. The maximum Gasteiger partial charge on any atom is 0.247 e. The van der Waals surface area contributed by atoms with E-state index in [1.807, 2.05) is 35.2 Å². The summed E-state index contributed by atoms with van der Waals surface area (Å²) in [7, 11) is 1.75. The second-order valence-electron chi connectivity index (χ2n) is 10.8. The number of thioether (sulfide) groups is 1. The van der Waals surface area contributed by atoms with Crippen molar-refractivity contribution in [1.82, 2.24) is 14.7 Å². The quantitative estimate of drug-likeness (QED) is 0.390. The van der Waals surface area contributed by atoms with E-state index in [0.29, 0.717) is 32.5 Å². The summed E-state index contributed by atoms with van der Waals surface area (Å²) in [6.45, 7) is 10.8. The normalized spacial score (nSPS) is 28.2. The van der Waals surface area contributed by atoms with Gasteiger partial charge in [0.2, 0.25) is 17.7 Å². The highest BCUT2D eigenvalue weighted by molar-refractivity contribution is 8.02. The maximum atomic E-state index is 14.4. The third-order valence-corrected chi connectivity index (χ3v) is 10.3. The first-order chi connectivity index (χ1) is 18.3. The molecule has 3 aliphatic rings. The zero-order valence-corrected chi connectivity index (χ0v) is 23.4. The van der Waals surface area contributed by atoms with E-state index in [1.54, 1.807) is 40.8 Å². The number of fused-ring (bicyclic) bond motifs is 1. The van der Waals surface area contributed by atoms with Crippen LogP contribution in [0.5, 0.6) is 0 Å². The minimum Gasteiger partial charge on any atom is -0.394 e. The molecule has 7 nitrogen and oxygen atoms in total. The van der Waals surface area contributed by atoms with Crippen LogP contribution in [0.3, 0.4) is 0 Å². The number of aliphatic hydroxyl groups is 1. The van der Waals surface area contributed by atoms with Crippen LogP contribution in [-0.4, -0.2) is 92.9 Å².